The number of aromatic hydroxyl groups is 1. The molecule has 0 heterocycles. The lowest BCUT2D eigenvalue weighted by molar-refractivity contribution is -0.786. The van der Waals surface area contributed by atoms with E-state index in [0.29, 0.717) is 11.1 Å². The van der Waals surface area contributed by atoms with Crippen molar-refractivity contribution in [3.8, 4) is 5.75 Å². The Hall–Kier alpha value is -2.66. The average molecular weight is 284 g/mol. The van der Waals surface area contributed by atoms with Gasteiger partial charge in [-0.1, -0.05) is 12.1 Å². The zero-order valence-electron chi connectivity index (χ0n) is 12.0. The SMILES string of the molecule is C[NH+](C)c1ccc(C(=O)NN=Cc2ccccc2O)cc1. The van der Waals surface area contributed by atoms with Crippen LogP contribution in [0.25, 0.3) is 0 Å². The van der Waals surface area contributed by atoms with Gasteiger partial charge in [-0.25, -0.2) is 5.43 Å². The third-order valence-corrected chi connectivity index (χ3v) is 3.03. The summed E-state index contributed by atoms with van der Waals surface area (Å²) in [6.45, 7) is 0. The van der Waals surface area contributed by atoms with E-state index < -0.39 is 0 Å². The molecular weight excluding hydrogens is 266 g/mol. The lowest BCUT2D eigenvalue weighted by Gasteiger charge is -2.06. The number of hydrogen-bond acceptors (Lipinski definition) is 3. The highest BCUT2D eigenvalue weighted by Gasteiger charge is 2.06. The van der Waals surface area contributed by atoms with Crippen LogP contribution in [0.2, 0.25) is 0 Å². The monoisotopic (exact) mass is 284 g/mol. The molecular formula is C16H18N3O2+. The number of carbonyl (C=O) groups excluding carboxylic acids is 1. The summed E-state index contributed by atoms with van der Waals surface area (Å²) in [5.41, 5.74) is 4.62. The first-order valence-electron chi connectivity index (χ1n) is 6.60. The fourth-order valence-corrected chi connectivity index (χ4v) is 1.78. The van der Waals surface area contributed by atoms with Crippen molar-refractivity contribution in [3.63, 3.8) is 0 Å². The Morgan fingerprint density at radius 1 is 1.14 bits per heavy atom. The number of para-hydroxylation sites is 1. The van der Waals surface area contributed by atoms with Gasteiger partial charge in [-0.2, -0.15) is 5.10 Å². The standard InChI is InChI=1S/C16H17N3O2/c1-19(2)14-9-7-12(8-10-14)16(21)18-17-11-13-5-3-4-6-15(13)20/h3-11,20H,1-2H3,(H,18,21)/p+1. The zero-order chi connectivity index (χ0) is 15.2. The summed E-state index contributed by atoms with van der Waals surface area (Å²) in [5, 5.41) is 13.4. The number of rotatable bonds is 4. The summed E-state index contributed by atoms with van der Waals surface area (Å²) < 4.78 is 0. The first kappa shape index (κ1) is 14.7. The summed E-state index contributed by atoms with van der Waals surface area (Å²) >= 11 is 0. The lowest BCUT2D eigenvalue weighted by Crippen LogP contribution is -3.00. The van der Waals surface area contributed by atoms with Gasteiger partial charge in [0.25, 0.3) is 5.91 Å². The second kappa shape index (κ2) is 6.67. The first-order valence-corrected chi connectivity index (χ1v) is 6.60. The molecule has 1 amide bonds. The van der Waals surface area contributed by atoms with Gasteiger partial charge in [0.15, 0.2) is 0 Å². The third-order valence-electron chi connectivity index (χ3n) is 3.03. The van der Waals surface area contributed by atoms with E-state index in [1.165, 1.54) is 11.1 Å². The predicted octanol–water partition coefficient (Wildman–Crippen LogP) is 0.932. The number of amides is 1. The Balaban J connectivity index is 2.00. The highest BCUT2D eigenvalue weighted by Crippen LogP contribution is 2.12. The lowest BCUT2D eigenvalue weighted by atomic mass is 10.2. The van der Waals surface area contributed by atoms with E-state index in [2.05, 4.69) is 10.5 Å². The number of benzene rings is 2. The fourth-order valence-electron chi connectivity index (χ4n) is 1.78. The number of hydrogen-bond donors (Lipinski definition) is 3. The second-order valence-corrected chi connectivity index (χ2v) is 4.84. The van der Waals surface area contributed by atoms with Gasteiger partial charge in [0, 0.05) is 11.1 Å². The molecule has 21 heavy (non-hydrogen) atoms. The molecule has 2 rings (SSSR count). The largest absolute Gasteiger partial charge is 0.507 e. The van der Waals surface area contributed by atoms with Crippen molar-refractivity contribution < 1.29 is 14.8 Å². The van der Waals surface area contributed by atoms with E-state index in [0.717, 1.165) is 5.69 Å². The van der Waals surface area contributed by atoms with Crippen molar-refractivity contribution in [2.75, 3.05) is 14.1 Å². The molecule has 5 nitrogen and oxygen atoms in total. The summed E-state index contributed by atoms with van der Waals surface area (Å²) in [4.78, 5) is 13.1. The molecule has 2 aromatic carbocycles. The topological polar surface area (TPSA) is 66.1 Å². The molecule has 0 atom stereocenters. The summed E-state index contributed by atoms with van der Waals surface area (Å²) in [5.74, 6) is -0.171. The minimum absolute atomic E-state index is 0.119. The van der Waals surface area contributed by atoms with Gasteiger partial charge in [0.1, 0.15) is 11.4 Å². The molecule has 0 unspecified atom stereocenters. The molecule has 0 saturated carbocycles. The molecule has 5 heteroatoms. The first-order chi connectivity index (χ1) is 10.1. The van der Waals surface area contributed by atoms with Crippen LogP contribution in [-0.2, 0) is 0 Å². The van der Waals surface area contributed by atoms with Gasteiger partial charge in [-0.15, -0.1) is 0 Å². The fraction of sp³-hybridized carbons (Fsp3) is 0.125. The molecule has 108 valence electrons. The number of carbonyl (C=O) groups is 1. The summed E-state index contributed by atoms with van der Waals surface area (Å²) in [7, 11) is 4.04. The Morgan fingerprint density at radius 2 is 1.81 bits per heavy atom. The molecule has 3 N–H and O–H groups in total. The quantitative estimate of drug-likeness (QED) is 0.577. The van der Waals surface area contributed by atoms with Gasteiger partial charge < -0.3 is 10.0 Å². The Morgan fingerprint density at radius 3 is 2.43 bits per heavy atom. The maximum absolute atomic E-state index is 11.9. The average Bonchev–Trinajstić information content (AvgIpc) is 2.49. The number of quaternary nitrogens is 1. The maximum atomic E-state index is 11.9. The normalized spacial score (nSPS) is 11.0. The number of phenolic OH excluding ortho intramolecular Hbond substituents is 1. The van der Waals surface area contributed by atoms with E-state index in [-0.39, 0.29) is 11.7 Å². The van der Waals surface area contributed by atoms with Crippen LogP contribution in [0.15, 0.2) is 53.6 Å². The van der Waals surface area contributed by atoms with E-state index in [1.54, 1.807) is 36.4 Å². The van der Waals surface area contributed by atoms with Gasteiger partial charge in [0.2, 0.25) is 0 Å². The maximum Gasteiger partial charge on any atom is 0.271 e. The number of hydrazone groups is 1. The van der Waals surface area contributed by atoms with E-state index in [9.17, 15) is 9.90 Å². The number of nitrogens with zero attached hydrogens (tertiary/aromatic N) is 1. The van der Waals surface area contributed by atoms with E-state index in [1.807, 2.05) is 26.2 Å². The van der Waals surface area contributed by atoms with Gasteiger partial charge in [0.05, 0.1) is 20.3 Å². The molecule has 0 radical (unpaired) electrons. The van der Waals surface area contributed by atoms with Gasteiger partial charge in [-0.3, -0.25) is 4.79 Å². The van der Waals surface area contributed by atoms with E-state index in [4.69, 9.17) is 0 Å². The highest BCUT2D eigenvalue weighted by molar-refractivity contribution is 5.95. The smallest absolute Gasteiger partial charge is 0.271 e. The van der Waals surface area contributed by atoms with Crippen LogP contribution in [0.5, 0.6) is 5.75 Å². The second-order valence-electron chi connectivity index (χ2n) is 4.84. The molecule has 0 aromatic heterocycles. The Kier molecular flexibility index (Phi) is 4.68. The molecule has 0 bridgehead atoms. The van der Waals surface area contributed by atoms with Crippen LogP contribution in [-0.4, -0.2) is 31.3 Å². The zero-order valence-corrected chi connectivity index (χ0v) is 12.0. The van der Waals surface area contributed by atoms with Crippen molar-refractivity contribution >= 4 is 17.8 Å². The van der Waals surface area contributed by atoms with Gasteiger partial charge >= 0.3 is 0 Å². The molecule has 2 aromatic rings. The van der Waals surface area contributed by atoms with Crippen LogP contribution >= 0.6 is 0 Å². The van der Waals surface area contributed by atoms with Crippen LogP contribution in [0.1, 0.15) is 15.9 Å². The minimum Gasteiger partial charge on any atom is -0.507 e. The Bertz CT molecular complexity index is 649. The molecule has 0 saturated heterocycles. The predicted molar refractivity (Wildman–Crippen MR) is 82.1 cm³/mol. The summed E-state index contributed by atoms with van der Waals surface area (Å²) in [6, 6.07) is 14.1. The van der Waals surface area contributed by atoms with Crippen molar-refractivity contribution in [1.29, 1.82) is 0 Å². The van der Waals surface area contributed by atoms with Crippen LogP contribution in [0.4, 0.5) is 5.69 Å². The molecule has 0 aliphatic rings. The molecule has 0 fully saturated rings. The van der Waals surface area contributed by atoms with Crippen molar-refractivity contribution in [2.45, 2.75) is 0 Å². The van der Waals surface area contributed by atoms with E-state index >= 15 is 0 Å². The molecule has 0 spiro atoms. The third kappa shape index (κ3) is 3.90. The molecule has 0 aliphatic carbocycles. The van der Waals surface area contributed by atoms with Crippen LogP contribution in [0, 0.1) is 0 Å². The number of phenols is 1. The molecule has 0 aliphatic heterocycles. The highest BCUT2D eigenvalue weighted by atomic mass is 16.3. The summed E-state index contributed by atoms with van der Waals surface area (Å²) in [6.07, 6.45) is 1.41. The Labute approximate surface area is 123 Å². The minimum atomic E-state index is -0.290. The number of nitrogens with one attached hydrogen (secondary N) is 2. The van der Waals surface area contributed by atoms with Crippen LogP contribution < -0.4 is 10.3 Å². The van der Waals surface area contributed by atoms with Crippen molar-refractivity contribution in [2.24, 2.45) is 5.10 Å². The van der Waals surface area contributed by atoms with Crippen molar-refractivity contribution in [1.82, 2.24) is 5.43 Å². The van der Waals surface area contributed by atoms with Crippen molar-refractivity contribution in [3.05, 3.63) is 59.7 Å². The van der Waals surface area contributed by atoms with Crippen LogP contribution in [0.3, 0.4) is 0 Å². The van der Waals surface area contributed by atoms with Gasteiger partial charge in [-0.05, 0) is 36.4 Å².